The van der Waals surface area contributed by atoms with Gasteiger partial charge in [-0.2, -0.15) is 0 Å². The highest BCUT2D eigenvalue weighted by Crippen LogP contribution is 2.24. The SMILES string of the molecule is CC[C@H](C)[C@H](NC(=O)[C@@H](NC(=O)[C@H](CO)NC(=O)[C@@H](NC(=O)[C@@H]1CCCN1C(=O)[C@H](Cc1c[nH]c2ccccc12)NC(=O)[C@H](CCCN=C(N)N)NC(=O)[C@H](CO)NC(=O)[C@H](CC(N)=O)NC(=O)[C@H](C)N)[C@@H](C)O)[C@@H](C)CC)C(=O)O. The lowest BCUT2D eigenvalue weighted by atomic mass is 9.95. The second-order valence-corrected chi connectivity index (χ2v) is 20.1. The third-order valence-corrected chi connectivity index (χ3v) is 13.8. The number of fused-ring (bicyclic) bond motifs is 1. The van der Waals surface area contributed by atoms with Crippen molar-refractivity contribution < 1.29 is 73.2 Å². The number of rotatable bonds is 33. The third kappa shape index (κ3) is 20.0. The molecular weight excluding hydrogens is 1060 g/mol. The quantitative estimate of drug-likeness (QED) is 0.0180. The van der Waals surface area contributed by atoms with Crippen LogP contribution in [0.2, 0.25) is 0 Å². The number of benzene rings is 1. The van der Waals surface area contributed by atoms with Gasteiger partial charge in [0.05, 0.1) is 31.8 Å². The van der Waals surface area contributed by atoms with Crippen molar-refractivity contribution in [1.82, 2.24) is 52.4 Å². The number of aliphatic carboxylic acids is 1. The number of carbonyl (C=O) groups is 11. The number of guanidine groups is 1. The topological polar surface area (TPSA) is 500 Å². The molecule has 1 saturated heterocycles. The van der Waals surface area contributed by atoms with Crippen molar-refractivity contribution >= 4 is 81.9 Å². The van der Waals surface area contributed by atoms with Crippen LogP contribution in [0.3, 0.4) is 0 Å². The molecule has 1 aliphatic rings. The van der Waals surface area contributed by atoms with E-state index in [0.29, 0.717) is 29.3 Å². The molecule has 13 atom stereocenters. The third-order valence-electron chi connectivity index (χ3n) is 13.8. The molecule has 0 spiro atoms. The first-order valence-electron chi connectivity index (χ1n) is 26.7. The lowest BCUT2D eigenvalue weighted by molar-refractivity contribution is -0.144. The highest BCUT2D eigenvalue weighted by molar-refractivity contribution is 6.00. The Morgan fingerprint density at radius 2 is 1.20 bits per heavy atom. The molecule has 81 heavy (non-hydrogen) atoms. The summed E-state index contributed by atoms with van der Waals surface area (Å²) in [5.74, 6) is -12.3. The predicted octanol–water partition coefficient (Wildman–Crippen LogP) is -5.60. The van der Waals surface area contributed by atoms with Gasteiger partial charge in [0, 0.05) is 36.6 Å². The Labute approximate surface area is 467 Å². The minimum atomic E-state index is -1.79. The molecule has 0 bridgehead atoms. The number of hydrogen-bond donors (Lipinski definition) is 17. The van der Waals surface area contributed by atoms with Gasteiger partial charge in [-0.1, -0.05) is 58.7 Å². The van der Waals surface area contributed by atoms with Gasteiger partial charge < -0.3 is 95.8 Å². The Morgan fingerprint density at radius 3 is 1.77 bits per heavy atom. The Morgan fingerprint density at radius 1 is 0.679 bits per heavy atom. The average molecular weight is 1140 g/mol. The molecule has 30 nitrogen and oxygen atoms in total. The number of nitrogens with two attached hydrogens (primary N) is 4. The summed E-state index contributed by atoms with van der Waals surface area (Å²) in [5, 5.41) is 61.1. The molecule has 2 heterocycles. The van der Waals surface area contributed by atoms with Crippen LogP contribution in [0.15, 0.2) is 35.5 Å². The fourth-order valence-electron chi connectivity index (χ4n) is 8.71. The number of carboxylic acid groups (broad SMARTS) is 1. The predicted molar refractivity (Wildman–Crippen MR) is 292 cm³/mol. The number of primary amides is 1. The maximum Gasteiger partial charge on any atom is 0.326 e. The van der Waals surface area contributed by atoms with Crippen molar-refractivity contribution in [3.63, 3.8) is 0 Å². The van der Waals surface area contributed by atoms with Crippen LogP contribution in [0.4, 0.5) is 0 Å². The van der Waals surface area contributed by atoms with E-state index in [-0.39, 0.29) is 51.2 Å². The molecule has 10 amide bonds. The lowest BCUT2D eigenvalue weighted by Crippen LogP contribution is -2.62. The zero-order valence-electron chi connectivity index (χ0n) is 46.4. The molecule has 30 heteroatoms. The highest BCUT2D eigenvalue weighted by atomic mass is 16.4. The number of carboxylic acids is 1. The summed E-state index contributed by atoms with van der Waals surface area (Å²) < 4.78 is 0. The molecule has 450 valence electrons. The first-order chi connectivity index (χ1) is 38.2. The normalized spacial score (nSPS) is 17.6. The fraction of sp³-hybridized carbons (Fsp3) is 0.608. The number of para-hydroxylation sites is 1. The van der Waals surface area contributed by atoms with Crippen molar-refractivity contribution in [3.05, 3.63) is 36.0 Å². The molecule has 1 aliphatic heterocycles. The molecule has 2 aromatic rings. The van der Waals surface area contributed by atoms with Crippen LogP contribution in [-0.4, -0.2) is 194 Å². The molecule has 1 aromatic heterocycles. The molecule has 0 unspecified atom stereocenters. The summed E-state index contributed by atoms with van der Waals surface area (Å²) in [4.78, 5) is 156. The Hall–Kier alpha value is -7.96. The first-order valence-corrected chi connectivity index (χ1v) is 26.7. The van der Waals surface area contributed by atoms with Crippen LogP contribution < -0.4 is 65.5 Å². The molecule has 0 radical (unpaired) electrons. The van der Waals surface area contributed by atoms with Crippen LogP contribution in [-0.2, 0) is 59.2 Å². The van der Waals surface area contributed by atoms with Gasteiger partial charge in [0.2, 0.25) is 59.1 Å². The average Bonchev–Trinajstić information content (AvgIpc) is 4.18. The number of likely N-dealkylation sites (tertiary alicyclic amines) is 1. The number of aliphatic hydroxyl groups is 3. The fourth-order valence-corrected chi connectivity index (χ4v) is 8.71. The van der Waals surface area contributed by atoms with Crippen LogP contribution in [0.5, 0.6) is 0 Å². The zero-order chi connectivity index (χ0) is 60.8. The number of H-pyrrole nitrogens is 1. The Balaban J connectivity index is 1.93. The molecule has 0 saturated carbocycles. The van der Waals surface area contributed by atoms with Crippen LogP contribution in [0, 0.1) is 11.8 Å². The van der Waals surface area contributed by atoms with E-state index in [4.69, 9.17) is 22.9 Å². The van der Waals surface area contributed by atoms with Gasteiger partial charge in [-0.25, -0.2) is 4.79 Å². The van der Waals surface area contributed by atoms with Gasteiger partial charge >= 0.3 is 5.97 Å². The Bertz CT molecular complexity index is 2570. The van der Waals surface area contributed by atoms with Gasteiger partial charge in [-0.3, -0.25) is 52.9 Å². The van der Waals surface area contributed by atoms with E-state index in [1.54, 1.807) is 58.2 Å². The summed E-state index contributed by atoms with van der Waals surface area (Å²) in [7, 11) is 0. The van der Waals surface area contributed by atoms with Crippen molar-refractivity contribution in [3.8, 4) is 0 Å². The molecule has 1 fully saturated rings. The molecule has 3 rings (SSSR count). The smallest absolute Gasteiger partial charge is 0.326 e. The molecule has 0 aliphatic carbocycles. The van der Waals surface area contributed by atoms with Gasteiger partial charge in [0.25, 0.3) is 0 Å². The largest absolute Gasteiger partial charge is 0.480 e. The monoisotopic (exact) mass is 1140 g/mol. The van der Waals surface area contributed by atoms with Gasteiger partial charge in [0.15, 0.2) is 5.96 Å². The van der Waals surface area contributed by atoms with Crippen molar-refractivity contribution in [2.24, 2.45) is 39.8 Å². The van der Waals surface area contributed by atoms with Gasteiger partial charge in [0.1, 0.15) is 54.4 Å². The van der Waals surface area contributed by atoms with Crippen molar-refractivity contribution in [2.45, 2.75) is 159 Å². The van der Waals surface area contributed by atoms with Crippen molar-refractivity contribution in [2.75, 3.05) is 26.3 Å². The maximum atomic E-state index is 14.9. The van der Waals surface area contributed by atoms with E-state index >= 15 is 0 Å². The second-order valence-electron chi connectivity index (χ2n) is 20.1. The summed E-state index contributed by atoms with van der Waals surface area (Å²) >= 11 is 0. The number of aliphatic imine (C=N–C) groups is 1. The number of nitrogens with zero attached hydrogens (tertiary/aromatic N) is 2. The summed E-state index contributed by atoms with van der Waals surface area (Å²) in [6.45, 7) is 7.07. The first kappa shape index (κ1) is 67.3. The molecule has 21 N–H and O–H groups in total. The summed E-state index contributed by atoms with van der Waals surface area (Å²) in [5.41, 5.74) is 23.1. The number of aliphatic hydroxyl groups excluding tert-OH is 3. The summed E-state index contributed by atoms with van der Waals surface area (Å²) in [6.07, 6.45) is -0.0332. The van der Waals surface area contributed by atoms with Crippen LogP contribution in [0.25, 0.3) is 10.9 Å². The number of amides is 10. The highest BCUT2D eigenvalue weighted by Gasteiger charge is 2.42. The minimum absolute atomic E-state index is 0.0347. The molecule has 1 aromatic carbocycles. The number of aromatic nitrogens is 1. The maximum absolute atomic E-state index is 14.9. The van der Waals surface area contributed by atoms with E-state index < -0.39 is 163 Å². The van der Waals surface area contributed by atoms with Crippen LogP contribution in [0.1, 0.15) is 92.1 Å². The van der Waals surface area contributed by atoms with E-state index in [0.717, 1.165) is 6.92 Å². The van der Waals surface area contributed by atoms with Gasteiger partial charge in [-0.15, -0.1) is 0 Å². The second kappa shape index (κ2) is 32.3. The van der Waals surface area contributed by atoms with Crippen molar-refractivity contribution in [1.29, 1.82) is 0 Å². The molecular formula is C51H81N15O15. The lowest BCUT2D eigenvalue weighted by Gasteiger charge is -2.31. The minimum Gasteiger partial charge on any atom is -0.480 e. The zero-order valence-corrected chi connectivity index (χ0v) is 46.4. The number of carbonyl (C=O) groups excluding carboxylic acids is 10. The summed E-state index contributed by atoms with van der Waals surface area (Å²) in [6, 6.07) is -7.91. The number of hydrogen-bond acceptors (Lipinski definition) is 16. The van der Waals surface area contributed by atoms with E-state index in [1.807, 2.05) is 0 Å². The van der Waals surface area contributed by atoms with Gasteiger partial charge in [-0.05, 0) is 63.0 Å². The van der Waals surface area contributed by atoms with E-state index in [1.165, 1.54) is 11.8 Å². The number of nitrogens with one attached hydrogen (secondary N) is 9. The van der Waals surface area contributed by atoms with E-state index in [9.17, 15) is 73.2 Å². The standard InChI is InChI=1S/C51H81N15O15/c1-7-24(3)38(47(77)64-39(50(80)81)25(4)8-2)63-45(75)35(23-68)62-48(78)40(27(6)69)65-46(76)36-16-12-18-66(36)49(79)33(19-28-21-57-30-14-10-9-13-29(28)30)60-42(72)31(15-11-17-56-51(54)55)58-44(74)34(22-67)61-43(73)32(20-37(53)70)59-41(71)26(5)52/h9-10,13-14,21,24-27,31-36,38-40,57,67-69H,7-8,11-12,15-20,22-23,52H2,1-6H3,(H2,53,70)(H,58,74)(H,59,71)(H,60,72)(H,61,73)(H,62,78)(H,63,75)(H,64,77)(H,65,76)(H,80,81)(H4,54,55,56)/t24-,25-,26-,27+,31-,32-,33-,34-,35-,36-,38-,39-,40-/m0/s1. The number of aromatic amines is 1. The Kier molecular flexibility index (Phi) is 26.9. The van der Waals surface area contributed by atoms with E-state index in [2.05, 4.69) is 52.5 Å². The van der Waals surface area contributed by atoms with Crippen LogP contribution >= 0.6 is 0 Å².